The number of nitrogens with zero attached hydrogens (tertiary/aromatic N) is 1. The fraction of sp³-hybridized carbons (Fsp3) is 0. The number of rotatable bonds is 2. The highest BCUT2D eigenvalue weighted by Crippen LogP contribution is 2.16. The number of nitrogens with one attached hydrogen (secondary N) is 1. The molecule has 2 rings (SSSR count). The van der Waals surface area contributed by atoms with Gasteiger partial charge in [0.25, 0.3) is 5.91 Å². The lowest BCUT2D eigenvalue weighted by molar-refractivity contribution is 0.102. The van der Waals surface area contributed by atoms with E-state index in [1.165, 1.54) is 0 Å². The number of aromatic nitrogens is 1. The number of anilines is 2. The first-order valence-electron chi connectivity index (χ1n) is 5.03. The van der Waals surface area contributed by atoms with Crippen molar-refractivity contribution in [2.24, 2.45) is 0 Å². The number of nitrogens with two attached hydrogens (primary N) is 1. The second-order valence-electron chi connectivity index (χ2n) is 3.59. The van der Waals surface area contributed by atoms with Gasteiger partial charge in [0.05, 0.1) is 0 Å². The van der Waals surface area contributed by atoms with Crippen LogP contribution in [-0.2, 0) is 0 Å². The number of nitrogen functional groups attached to an aromatic ring is 1. The molecular formula is C12H9BrIN3O. The van der Waals surface area contributed by atoms with Gasteiger partial charge in [-0.3, -0.25) is 4.79 Å². The molecule has 1 amide bonds. The highest BCUT2D eigenvalue weighted by Gasteiger charge is 2.08. The van der Waals surface area contributed by atoms with Gasteiger partial charge in [-0.1, -0.05) is 0 Å². The zero-order chi connectivity index (χ0) is 13.1. The van der Waals surface area contributed by atoms with Crippen LogP contribution in [0.25, 0.3) is 0 Å². The van der Waals surface area contributed by atoms with Gasteiger partial charge in [-0.05, 0) is 68.9 Å². The summed E-state index contributed by atoms with van der Waals surface area (Å²) in [6, 6.07) is 8.74. The smallest absolute Gasteiger partial charge is 0.256 e. The number of hydrogen-bond acceptors (Lipinski definition) is 3. The summed E-state index contributed by atoms with van der Waals surface area (Å²) in [6.45, 7) is 0. The van der Waals surface area contributed by atoms with E-state index in [4.69, 9.17) is 5.73 Å². The normalized spacial score (nSPS) is 10.1. The predicted molar refractivity (Wildman–Crippen MR) is 83.5 cm³/mol. The quantitative estimate of drug-likeness (QED) is 0.582. The standard InChI is InChI=1S/C12H9BrIN3O/c13-8-1-2-11(16-6-8)17-12(18)7-3-9(14)5-10(15)4-7/h1-6H,15H2,(H,16,17,18). The molecule has 3 N–H and O–H groups in total. The molecule has 0 spiro atoms. The molecule has 92 valence electrons. The fourth-order valence-corrected chi connectivity index (χ4v) is 2.31. The molecule has 18 heavy (non-hydrogen) atoms. The maximum atomic E-state index is 12.0. The van der Waals surface area contributed by atoms with Gasteiger partial charge in [0.1, 0.15) is 5.82 Å². The summed E-state index contributed by atoms with van der Waals surface area (Å²) in [6.07, 6.45) is 1.62. The second kappa shape index (κ2) is 5.66. The first-order chi connectivity index (χ1) is 8.54. The molecule has 0 aliphatic heterocycles. The Morgan fingerprint density at radius 1 is 1.33 bits per heavy atom. The zero-order valence-electron chi connectivity index (χ0n) is 9.15. The van der Waals surface area contributed by atoms with Crippen LogP contribution in [0.4, 0.5) is 11.5 Å². The van der Waals surface area contributed by atoms with Crippen molar-refractivity contribution in [3.8, 4) is 0 Å². The van der Waals surface area contributed by atoms with Crippen molar-refractivity contribution in [2.75, 3.05) is 11.1 Å². The minimum absolute atomic E-state index is 0.227. The lowest BCUT2D eigenvalue weighted by Gasteiger charge is -2.06. The lowest BCUT2D eigenvalue weighted by Crippen LogP contribution is -2.13. The SMILES string of the molecule is Nc1cc(I)cc(C(=O)Nc2ccc(Br)cn2)c1. The molecule has 0 saturated heterocycles. The van der Waals surface area contributed by atoms with E-state index < -0.39 is 0 Å². The zero-order valence-corrected chi connectivity index (χ0v) is 12.9. The number of benzene rings is 1. The minimum Gasteiger partial charge on any atom is -0.399 e. The Kier molecular flexibility index (Phi) is 4.18. The maximum Gasteiger partial charge on any atom is 0.256 e. The van der Waals surface area contributed by atoms with Crippen LogP contribution in [0.3, 0.4) is 0 Å². The van der Waals surface area contributed by atoms with Crippen molar-refractivity contribution in [3.63, 3.8) is 0 Å². The summed E-state index contributed by atoms with van der Waals surface area (Å²) < 4.78 is 1.78. The maximum absolute atomic E-state index is 12.0. The molecule has 0 aliphatic rings. The van der Waals surface area contributed by atoms with Crippen molar-refractivity contribution in [3.05, 3.63) is 50.1 Å². The summed E-state index contributed by atoms with van der Waals surface area (Å²) in [5, 5.41) is 2.71. The highest BCUT2D eigenvalue weighted by molar-refractivity contribution is 14.1. The van der Waals surface area contributed by atoms with Crippen molar-refractivity contribution in [2.45, 2.75) is 0 Å². The molecule has 2 aromatic rings. The number of hydrogen-bond donors (Lipinski definition) is 2. The van der Waals surface area contributed by atoms with Gasteiger partial charge in [-0.25, -0.2) is 4.98 Å². The Bertz CT molecular complexity index is 566. The fourth-order valence-electron chi connectivity index (χ4n) is 1.38. The molecule has 0 atom stereocenters. The van der Waals surface area contributed by atoms with Crippen molar-refractivity contribution in [1.82, 2.24) is 4.98 Å². The van der Waals surface area contributed by atoms with Gasteiger partial charge in [0.2, 0.25) is 0 Å². The molecule has 6 heteroatoms. The summed E-state index contributed by atoms with van der Waals surface area (Å²) in [5.74, 6) is 0.274. The third-order valence-corrected chi connectivity index (χ3v) is 3.24. The number of halogens is 2. The largest absolute Gasteiger partial charge is 0.399 e. The van der Waals surface area contributed by atoms with E-state index in [2.05, 4.69) is 48.8 Å². The summed E-state index contributed by atoms with van der Waals surface area (Å²) >= 11 is 5.40. The summed E-state index contributed by atoms with van der Waals surface area (Å²) in [7, 11) is 0. The van der Waals surface area contributed by atoms with Gasteiger partial charge in [0.15, 0.2) is 0 Å². The van der Waals surface area contributed by atoms with E-state index in [1.54, 1.807) is 30.5 Å². The molecule has 0 unspecified atom stereocenters. The van der Waals surface area contributed by atoms with E-state index >= 15 is 0 Å². The third kappa shape index (κ3) is 3.42. The molecule has 0 aliphatic carbocycles. The number of pyridine rings is 1. The Morgan fingerprint density at radius 2 is 2.11 bits per heavy atom. The molecule has 1 aromatic carbocycles. The Hall–Kier alpha value is -1.15. The molecule has 4 nitrogen and oxygen atoms in total. The highest BCUT2D eigenvalue weighted by atomic mass is 127. The second-order valence-corrected chi connectivity index (χ2v) is 5.75. The van der Waals surface area contributed by atoms with E-state index in [1.807, 2.05) is 6.07 Å². The average molecular weight is 418 g/mol. The van der Waals surface area contributed by atoms with Crippen LogP contribution >= 0.6 is 38.5 Å². The number of amides is 1. The molecule has 1 aromatic heterocycles. The first-order valence-corrected chi connectivity index (χ1v) is 6.91. The van der Waals surface area contributed by atoms with Crippen LogP contribution in [-0.4, -0.2) is 10.9 Å². The minimum atomic E-state index is -0.227. The Balaban J connectivity index is 2.19. The summed E-state index contributed by atoms with van der Waals surface area (Å²) in [5.41, 5.74) is 6.79. The topological polar surface area (TPSA) is 68.0 Å². The predicted octanol–water partition coefficient (Wildman–Crippen LogP) is 3.28. The van der Waals surface area contributed by atoms with E-state index in [0.717, 1.165) is 8.04 Å². The molecule has 1 heterocycles. The van der Waals surface area contributed by atoms with Crippen LogP contribution < -0.4 is 11.1 Å². The van der Waals surface area contributed by atoms with Crippen LogP contribution in [0.5, 0.6) is 0 Å². The van der Waals surface area contributed by atoms with Gasteiger partial charge in [-0.15, -0.1) is 0 Å². The average Bonchev–Trinajstić information content (AvgIpc) is 2.31. The molecule has 0 radical (unpaired) electrons. The van der Waals surface area contributed by atoms with E-state index in [0.29, 0.717) is 17.1 Å². The molecule has 0 bridgehead atoms. The monoisotopic (exact) mass is 417 g/mol. The van der Waals surface area contributed by atoms with Crippen molar-refractivity contribution in [1.29, 1.82) is 0 Å². The lowest BCUT2D eigenvalue weighted by atomic mass is 10.2. The van der Waals surface area contributed by atoms with Gasteiger partial charge in [-0.2, -0.15) is 0 Å². The van der Waals surface area contributed by atoms with Gasteiger partial charge < -0.3 is 11.1 Å². The van der Waals surface area contributed by atoms with Crippen molar-refractivity contribution >= 4 is 55.9 Å². The van der Waals surface area contributed by atoms with Crippen LogP contribution in [0.2, 0.25) is 0 Å². The van der Waals surface area contributed by atoms with Crippen LogP contribution in [0.1, 0.15) is 10.4 Å². The van der Waals surface area contributed by atoms with Crippen molar-refractivity contribution < 1.29 is 4.79 Å². The van der Waals surface area contributed by atoms with Gasteiger partial charge in [0, 0.05) is 25.5 Å². The van der Waals surface area contributed by atoms with Crippen LogP contribution in [0, 0.1) is 3.57 Å². The Morgan fingerprint density at radius 3 is 2.72 bits per heavy atom. The number of carbonyl (C=O) groups excluding carboxylic acids is 1. The molecule has 0 saturated carbocycles. The number of carbonyl (C=O) groups is 1. The molecular weight excluding hydrogens is 409 g/mol. The third-order valence-electron chi connectivity index (χ3n) is 2.15. The van der Waals surface area contributed by atoms with E-state index in [9.17, 15) is 4.79 Å². The summed E-state index contributed by atoms with van der Waals surface area (Å²) in [4.78, 5) is 16.1. The Labute approximate surface area is 126 Å². The van der Waals surface area contributed by atoms with Gasteiger partial charge >= 0.3 is 0 Å². The first kappa shape index (κ1) is 13.3. The molecule has 0 fully saturated rings. The van der Waals surface area contributed by atoms with Crippen LogP contribution in [0.15, 0.2) is 41.0 Å². The van der Waals surface area contributed by atoms with E-state index in [-0.39, 0.29) is 5.91 Å².